The van der Waals surface area contributed by atoms with E-state index in [-0.39, 0.29) is 0 Å². The third kappa shape index (κ3) is 5.75. The second-order valence-corrected chi connectivity index (χ2v) is 16.6. The largest absolute Gasteiger partial charge is 0.278 e. The van der Waals surface area contributed by atoms with Gasteiger partial charge in [-0.05, 0) is 48.5 Å². The van der Waals surface area contributed by atoms with Gasteiger partial charge in [-0.3, -0.25) is 9.13 Å². The lowest BCUT2D eigenvalue weighted by atomic mass is 10.1. The number of benzene rings is 8. The van der Waals surface area contributed by atoms with Crippen molar-refractivity contribution in [3.8, 4) is 57.4 Å². The summed E-state index contributed by atoms with van der Waals surface area (Å²) in [4.78, 5) is 31.1. The Hall–Kier alpha value is -8.40. The smallest absolute Gasteiger partial charge is 0.238 e. The molecule has 0 aliphatic heterocycles. The van der Waals surface area contributed by atoms with Crippen molar-refractivity contribution in [1.29, 1.82) is 0 Å². The molecule has 0 aliphatic carbocycles. The van der Waals surface area contributed by atoms with Crippen LogP contribution in [0.1, 0.15) is 0 Å². The quantitative estimate of drug-likeness (QED) is 0.166. The molecule has 0 radical (unpaired) electrons. The summed E-state index contributed by atoms with van der Waals surface area (Å²) in [7, 11) is 0. The number of hydrogen-bond acceptors (Lipinski definition) is 7. The number of fused-ring (bicyclic) bond motifs is 9. The maximum atomic E-state index is 5.30. The van der Waals surface area contributed by atoms with Gasteiger partial charge in [-0.15, -0.1) is 11.3 Å². The fourth-order valence-corrected chi connectivity index (χ4v) is 10.1. The van der Waals surface area contributed by atoms with Crippen LogP contribution in [0.5, 0.6) is 0 Å². The molecule has 5 aromatic heterocycles. The summed E-state index contributed by atoms with van der Waals surface area (Å²) in [5, 5.41) is 6.82. The summed E-state index contributed by atoms with van der Waals surface area (Å²) >= 11 is 1.80. The van der Waals surface area contributed by atoms with Crippen LogP contribution in [0.15, 0.2) is 194 Å². The van der Waals surface area contributed by atoms with E-state index in [1.165, 1.54) is 20.2 Å². The second kappa shape index (κ2) is 14.1. The number of hydrogen-bond donors (Lipinski definition) is 0. The van der Waals surface area contributed by atoms with E-state index in [1.54, 1.807) is 11.3 Å². The fourth-order valence-electron chi connectivity index (χ4n) is 8.94. The van der Waals surface area contributed by atoms with Crippen LogP contribution in [-0.2, 0) is 0 Å². The lowest BCUT2D eigenvalue weighted by Gasteiger charge is -2.12. The molecule has 13 aromatic rings. The van der Waals surface area contributed by atoms with Gasteiger partial charge in [0.2, 0.25) is 11.9 Å². The van der Waals surface area contributed by atoms with Crippen molar-refractivity contribution in [1.82, 2.24) is 39.0 Å². The van der Waals surface area contributed by atoms with Crippen molar-refractivity contribution in [3.63, 3.8) is 0 Å². The number of para-hydroxylation sites is 2. The van der Waals surface area contributed by atoms with Crippen LogP contribution >= 0.6 is 11.3 Å². The van der Waals surface area contributed by atoms with Gasteiger partial charge in [-0.25, -0.2) is 9.97 Å². The summed E-state index contributed by atoms with van der Waals surface area (Å²) in [6, 6.07) is 66.9. The molecule has 0 unspecified atom stereocenters. The van der Waals surface area contributed by atoms with Gasteiger partial charge < -0.3 is 0 Å². The van der Waals surface area contributed by atoms with E-state index in [0.717, 1.165) is 65.9 Å². The number of nitrogens with zero attached hydrogens (tertiary/aromatic N) is 8. The first kappa shape index (κ1) is 35.4. The van der Waals surface area contributed by atoms with Crippen molar-refractivity contribution in [2.45, 2.75) is 0 Å². The van der Waals surface area contributed by atoms with Crippen LogP contribution in [0.25, 0.3) is 121 Å². The van der Waals surface area contributed by atoms with E-state index in [9.17, 15) is 0 Å². The van der Waals surface area contributed by atoms with Crippen LogP contribution in [0.4, 0.5) is 0 Å². The highest BCUT2D eigenvalue weighted by atomic mass is 32.1. The molecule has 0 amide bonds. The predicted molar refractivity (Wildman–Crippen MR) is 257 cm³/mol. The predicted octanol–water partition coefficient (Wildman–Crippen LogP) is 13.3. The third-order valence-corrected chi connectivity index (χ3v) is 13.0. The molecule has 9 heteroatoms. The summed E-state index contributed by atoms with van der Waals surface area (Å²) in [6.45, 7) is 0. The minimum Gasteiger partial charge on any atom is -0.278 e. The maximum absolute atomic E-state index is 5.30. The monoisotopic (exact) mass is 824 g/mol. The van der Waals surface area contributed by atoms with Crippen LogP contribution < -0.4 is 0 Å². The molecule has 0 bridgehead atoms. The topological polar surface area (TPSA) is 87.2 Å². The van der Waals surface area contributed by atoms with Crippen LogP contribution in [0.2, 0.25) is 0 Å². The molecule has 0 fully saturated rings. The van der Waals surface area contributed by atoms with Crippen molar-refractivity contribution in [3.05, 3.63) is 194 Å². The van der Waals surface area contributed by atoms with Crippen molar-refractivity contribution in [2.75, 3.05) is 0 Å². The van der Waals surface area contributed by atoms with E-state index in [4.69, 9.17) is 29.9 Å². The van der Waals surface area contributed by atoms with Gasteiger partial charge in [0.25, 0.3) is 0 Å². The Morgan fingerprint density at radius 2 is 0.698 bits per heavy atom. The van der Waals surface area contributed by atoms with Crippen LogP contribution in [0.3, 0.4) is 0 Å². The van der Waals surface area contributed by atoms with Gasteiger partial charge in [-0.1, -0.05) is 146 Å². The Balaban J connectivity index is 1.09. The highest BCUT2D eigenvalue weighted by molar-refractivity contribution is 7.25. The normalized spacial score (nSPS) is 11.8. The molecule has 0 aliphatic rings. The molecule has 0 saturated heterocycles. The van der Waals surface area contributed by atoms with Gasteiger partial charge in [-0.2, -0.15) is 19.9 Å². The molecule has 0 spiro atoms. The van der Waals surface area contributed by atoms with E-state index in [0.29, 0.717) is 35.2 Å². The van der Waals surface area contributed by atoms with Gasteiger partial charge in [0.15, 0.2) is 23.3 Å². The lowest BCUT2D eigenvalue weighted by molar-refractivity contribution is 0.952. The van der Waals surface area contributed by atoms with Gasteiger partial charge in [0.05, 0.1) is 22.1 Å². The maximum Gasteiger partial charge on any atom is 0.238 e. The van der Waals surface area contributed by atoms with Crippen molar-refractivity contribution in [2.24, 2.45) is 0 Å². The molecule has 5 heterocycles. The number of aromatic nitrogens is 8. The molecule has 0 atom stereocenters. The lowest BCUT2D eigenvalue weighted by Crippen LogP contribution is -2.07. The first-order chi connectivity index (χ1) is 31.2. The average Bonchev–Trinajstić information content (AvgIpc) is 4.00. The Kier molecular flexibility index (Phi) is 7.91. The van der Waals surface area contributed by atoms with Crippen molar-refractivity contribution < 1.29 is 0 Å². The van der Waals surface area contributed by atoms with E-state index in [1.807, 2.05) is 91.0 Å². The Morgan fingerprint density at radius 3 is 1.25 bits per heavy atom. The first-order valence-electron chi connectivity index (χ1n) is 20.8. The zero-order chi connectivity index (χ0) is 41.4. The Morgan fingerprint density at radius 1 is 0.270 bits per heavy atom. The van der Waals surface area contributed by atoms with E-state index in [2.05, 4.69) is 112 Å². The van der Waals surface area contributed by atoms with E-state index < -0.39 is 0 Å². The summed E-state index contributed by atoms with van der Waals surface area (Å²) in [5.74, 6) is 3.46. The first-order valence-corrected chi connectivity index (χ1v) is 21.6. The van der Waals surface area contributed by atoms with Gasteiger partial charge >= 0.3 is 0 Å². The molecule has 294 valence electrons. The molecule has 13 rings (SSSR count). The standard InChI is InChI=1S/C54H32N8S/c1-4-16-33(17-5-1)49-55-50(34-18-6-2-7-19-34)59-54(58-49)62-45-29-28-36(30-40(45)41-31-42-39-24-12-15-27-47(39)63-48(42)32-46(41)62)52-56-51(35-20-8-3-9-21-35)57-53(60-52)61-43-25-13-10-22-37(43)38-23-11-14-26-44(38)61/h1-32H. The Labute approximate surface area is 364 Å². The summed E-state index contributed by atoms with van der Waals surface area (Å²) in [5.41, 5.74) is 7.62. The third-order valence-electron chi connectivity index (χ3n) is 11.8. The summed E-state index contributed by atoms with van der Waals surface area (Å²) in [6.07, 6.45) is 0. The molecule has 63 heavy (non-hydrogen) atoms. The van der Waals surface area contributed by atoms with Gasteiger partial charge in [0.1, 0.15) is 0 Å². The SMILES string of the molecule is c1ccc(-c2nc(-c3ccc4c(c3)c3cc5c(cc3n4-c3nc(-c4ccccc4)nc(-c4ccccc4)n3)sc3ccccc35)nc(-n3c4ccccc4c4ccccc43)n2)cc1. The molecular formula is C54H32N8S. The zero-order valence-corrected chi connectivity index (χ0v) is 34.3. The highest BCUT2D eigenvalue weighted by Gasteiger charge is 2.22. The number of thiophene rings is 1. The minimum atomic E-state index is 0.538. The average molecular weight is 825 g/mol. The minimum absolute atomic E-state index is 0.538. The molecule has 8 nitrogen and oxygen atoms in total. The van der Waals surface area contributed by atoms with Crippen molar-refractivity contribution >= 4 is 75.1 Å². The zero-order valence-electron chi connectivity index (χ0n) is 33.5. The molecule has 0 N–H and O–H groups in total. The van der Waals surface area contributed by atoms with E-state index >= 15 is 0 Å². The van der Waals surface area contributed by atoms with Crippen LogP contribution in [-0.4, -0.2) is 39.0 Å². The molecule has 8 aromatic carbocycles. The second-order valence-electron chi connectivity index (χ2n) is 15.6. The van der Waals surface area contributed by atoms with Crippen LogP contribution in [0, 0.1) is 0 Å². The molecular weight excluding hydrogens is 793 g/mol. The molecule has 0 saturated carbocycles. The number of rotatable bonds is 6. The Bertz CT molecular complexity index is 3800. The summed E-state index contributed by atoms with van der Waals surface area (Å²) < 4.78 is 6.77. The highest BCUT2D eigenvalue weighted by Crippen LogP contribution is 2.42. The van der Waals surface area contributed by atoms with Gasteiger partial charge in [0, 0.05) is 64.0 Å². The fraction of sp³-hybridized carbons (Fsp3) is 0.